The molecule has 0 radical (unpaired) electrons. The van der Waals surface area contributed by atoms with Gasteiger partial charge in [0, 0.05) is 29.7 Å². The van der Waals surface area contributed by atoms with Crippen LogP contribution in [0.2, 0.25) is 0 Å². The number of anilines is 3. The lowest BCUT2D eigenvalue weighted by molar-refractivity contribution is -0.116. The maximum Gasteiger partial charge on any atom is 0.258 e. The monoisotopic (exact) mass is 499 g/mol. The number of carbonyl (C=O) groups is 3. The molecule has 9 nitrogen and oxygen atoms in total. The maximum atomic E-state index is 13.1. The highest BCUT2D eigenvalue weighted by molar-refractivity contribution is 6.15. The number of aryl methyl sites for hydroxylation is 1. The smallest absolute Gasteiger partial charge is 0.258 e. The average Bonchev–Trinajstić information content (AvgIpc) is 3.37. The molecular formula is C27H22FN5O4. The van der Waals surface area contributed by atoms with Gasteiger partial charge in [-0.25, -0.2) is 4.39 Å². The van der Waals surface area contributed by atoms with Crippen molar-refractivity contribution in [3.05, 3.63) is 90.1 Å². The lowest BCUT2D eigenvalue weighted by atomic mass is 10.1. The van der Waals surface area contributed by atoms with Gasteiger partial charge in [-0.2, -0.15) is 4.98 Å². The van der Waals surface area contributed by atoms with Crippen LogP contribution in [0.3, 0.4) is 0 Å². The van der Waals surface area contributed by atoms with Crippen molar-refractivity contribution in [1.29, 1.82) is 0 Å². The van der Waals surface area contributed by atoms with Crippen LogP contribution in [0.4, 0.5) is 21.5 Å². The molecule has 0 spiro atoms. The Labute approximate surface area is 211 Å². The summed E-state index contributed by atoms with van der Waals surface area (Å²) < 4.78 is 18.3. The summed E-state index contributed by atoms with van der Waals surface area (Å²) in [6.45, 7) is -0.0697. The Morgan fingerprint density at radius 1 is 1.03 bits per heavy atom. The first-order valence-corrected chi connectivity index (χ1v) is 11.7. The predicted molar refractivity (Wildman–Crippen MR) is 134 cm³/mol. The molecule has 0 atom stereocenters. The van der Waals surface area contributed by atoms with Gasteiger partial charge in [-0.15, -0.1) is 0 Å². The zero-order chi connectivity index (χ0) is 25.8. The third kappa shape index (κ3) is 5.53. The van der Waals surface area contributed by atoms with Gasteiger partial charge in [0.25, 0.3) is 5.91 Å². The lowest BCUT2D eigenvalue weighted by Crippen LogP contribution is -2.42. The minimum Gasteiger partial charge on any atom is -0.339 e. The minimum atomic E-state index is -0.346. The normalized spacial score (nSPS) is 12.6. The number of halogens is 1. The van der Waals surface area contributed by atoms with Crippen LogP contribution >= 0.6 is 0 Å². The van der Waals surface area contributed by atoms with Gasteiger partial charge in [0.1, 0.15) is 12.4 Å². The van der Waals surface area contributed by atoms with Gasteiger partial charge in [0.2, 0.25) is 23.5 Å². The molecule has 1 aliphatic rings. The van der Waals surface area contributed by atoms with Gasteiger partial charge < -0.3 is 15.2 Å². The van der Waals surface area contributed by atoms with Gasteiger partial charge in [-0.1, -0.05) is 17.3 Å². The number of carbonyl (C=O) groups excluding carboxylic acids is 3. The number of amides is 3. The molecule has 4 aromatic rings. The van der Waals surface area contributed by atoms with Crippen molar-refractivity contribution >= 4 is 34.8 Å². The van der Waals surface area contributed by atoms with E-state index in [1.165, 1.54) is 17.0 Å². The third-order valence-corrected chi connectivity index (χ3v) is 5.80. The largest absolute Gasteiger partial charge is 0.339 e. The van der Waals surface area contributed by atoms with E-state index in [0.29, 0.717) is 52.7 Å². The molecule has 3 amide bonds. The van der Waals surface area contributed by atoms with E-state index in [1.54, 1.807) is 60.7 Å². The van der Waals surface area contributed by atoms with Crippen molar-refractivity contribution in [2.45, 2.75) is 19.3 Å². The summed E-state index contributed by atoms with van der Waals surface area (Å²) in [5, 5.41) is 9.45. The Hall–Kier alpha value is -4.86. The van der Waals surface area contributed by atoms with Crippen LogP contribution in [0.5, 0.6) is 0 Å². The number of aromatic nitrogens is 2. The van der Waals surface area contributed by atoms with E-state index in [0.717, 1.165) is 0 Å². The van der Waals surface area contributed by atoms with Crippen LogP contribution in [-0.2, 0) is 16.0 Å². The molecule has 10 heteroatoms. The van der Waals surface area contributed by atoms with Crippen molar-refractivity contribution in [3.63, 3.8) is 0 Å². The van der Waals surface area contributed by atoms with Crippen LogP contribution in [0.25, 0.3) is 11.4 Å². The van der Waals surface area contributed by atoms with Crippen LogP contribution in [0.15, 0.2) is 77.3 Å². The number of rotatable bonds is 7. The molecular weight excluding hydrogens is 477 g/mol. The molecule has 186 valence electrons. The zero-order valence-electron chi connectivity index (χ0n) is 19.6. The second-order valence-corrected chi connectivity index (χ2v) is 8.45. The van der Waals surface area contributed by atoms with Crippen LogP contribution < -0.4 is 15.5 Å². The van der Waals surface area contributed by atoms with E-state index in [1.807, 2.05) is 0 Å². The number of benzene rings is 3. The minimum absolute atomic E-state index is 0.0697. The maximum absolute atomic E-state index is 13.1. The van der Waals surface area contributed by atoms with Crippen molar-refractivity contribution in [3.8, 4) is 11.4 Å². The van der Waals surface area contributed by atoms with Crippen molar-refractivity contribution in [2.24, 2.45) is 0 Å². The Kier molecular flexibility index (Phi) is 6.71. The number of hydrogen-bond donors (Lipinski definition) is 2. The fourth-order valence-electron chi connectivity index (χ4n) is 3.96. The van der Waals surface area contributed by atoms with E-state index in [2.05, 4.69) is 20.8 Å². The summed E-state index contributed by atoms with van der Waals surface area (Å²) in [6.07, 6.45) is 1.14. The van der Waals surface area contributed by atoms with Crippen molar-refractivity contribution in [1.82, 2.24) is 10.1 Å². The van der Waals surface area contributed by atoms with E-state index < -0.39 is 0 Å². The molecule has 0 bridgehead atoms. The second-order valence-electron chi connectivity index (χ2n) is 8.45. The molecule has 0 aliphatic carbocycles. The molecule has 3 aromatic carbocycles. The Morgan fingerprint density at radius 3 is 2.57 bits per heavy atom. The lowest BCUT2D eigenvalue weighted by Gasteiger charge is -2.29. The van der Waals surface area contributed by atoms with E-state index in [4.69, 9.17) is 4.52 Å². The first-order valence-electron chi connectivity index (χ1n) is 11.7. The number of nitrogens with one attached hydrogen (secondary N) is 2. The Balaban J connectivity index is 1.13. The summed E-state index contributed by atoms with van der Waals surface area (Å²) in [5.41, 5.74) is 2.81. The summed E-state index contributed by atoms with van der Waals surface area (Å²) in [6, 6.07) is 19.4. The van der Waals surface area contributed by atoms with E-state index >= 15 is 0 Å². The van der Waals surface area contributed by atoms with Gasteiger partial charge in [-0.05, 0) is 67.1 Å². The third-order valence-electron chi connectivity index (χ3n) is 5.80. The number of nitrogens with zero attached hydrogens (tertiary/aromatic N) is 3. The number of hydrogen-bond acceptors (Lipinski definition) is 6. The summed E-state index contributed by atoms with van der Waals surface area (Å²) in [7, 11) is 0. The molecule has 5 rings (SSSR count). The zero-order valence-corrected chi connectivity index (χ0v) is 19.6. The van der Waals surface area contributed by atoms with Crippen LogP contribution in [-0.4, -0.2) is 34.4 Å². The standard InChI is InChI=1S/C27H22FN5O4/c28-19-12-8-17(9-13-19)26-31-25(37-32-26)7-3-6-23(34)29-20-14-10-18(11-15-20)27(36)33-16-24(35)30-21-4-1-2-5-22(21)33/h1-2,4-5,8-15H,3,6-7,16H2,(H,29,34)(H,30,35). The first kappa shape index (κ1) is 23.9. The van der Waals surface area contributed by atoms with Crippen LogP contribution in [0.1, 0.15) is 29.1 Å². The number of fused-ring (bicyclic) bond motifs is 1. The molecule has 37 heavy (non-hydrogen) atoms. The Bertz CT molecular complexity index is 1450. The summed E-state index contributed by atoms with van der Waals surface area (Å²) in [4.78, 5) is 43.2. The molecule has 0 fully saturated rings. The topological polar surface area (TPSA) is 117 Å². The average molecular weight is 500 g/mol. The van der Waals surface area contributed by atoms with Gasteiger partial charge in [0.05, 0.1) is 11.4 Å². The highest BCUT2D eigenvalue weighted by Crippen LogP contribution is 2.30. The Morgan fingerprint density at radius 2 is 1.78 bits per heavy atom. The molecule has 0 unspecified atom stereocenters. The van der Waals surface area contributed by atoms with E-state index in [9.17, 15) is 18.8 Å². The molecule has 1 aromatic heterocycles. The van der Waals surface area contributed by atoms with Crippen LogP contribution in [0, 0.1) is 5.82 Å². The first-order chi connectivity index (χ1) is 18.0. The van der Waals surface area contributed by atoms with E-state index in [-0.39, 0.29) is 36.5 Å². The second kappa shape index (κ2) is 10.4. The predicted octanol–water partition coefficient (Wildman–Crippen LogP) is 4.44. The SMILES string of the molecule is O=C(CCCc1nc(-c2ccc(F)cc2)no1)Nc1ccc(C(=O)N2CC(=O)Nc3ccccc32)cc1. The highest BCUT2D eigenvalue weighted by Gasteiger charge is 2.27. The molecule has 0 saturated heterocycles. The van der Waals surface area contributed by atoms with Crippen molar-refractivity contribution < 1.29 is 23.3 Å². The quantitative estimate of drug-likeness (QED) is 0.388. The summed E-state index contributed by atoms with van der Waals surface area (Å²) in [5.74, 6) is -0.353. The van der Waals surface area contributed by atoms with Gasteiger partial charge >= 0.3 is 0 Å². The molecule has 0 saturated carbocycles. The molecule has 2 N–H and O–H groups in total. The fourth-order valence-corrected chi connectivity index (χ4v) is 3.96. The molecule has 2 heterocycles. The molecule has 1 aliphatic heterocycles. The number of para-hydroxylation sites is 2. The van der Waals surface area contributed by atoms with Crippen molar-refractivity contribution in [2.75, 3.05) is 22.1 Å². The van der Waals surface area contributed by atoms with Gasteiger partial charge in [-0.3, -0.25) is 19.3 Å². The summed E-state index contributed by atoms with van der Waals surface area (Å²) >= 11 is 0. The highest BCUT2D eigenvalue weighted by atomic mass is 19.1. The fraction of sp³-hybridized carbons (Fsp3) is 0.148. The van der Waals surface area contributed by atoms with Gasteiger partial charge in [0.15, 0.2) is 0 Å².